The van der Waals surface area contributed by atoms with Gasteiger partial charge in [0, 0.05) is 10.6 Å². The van der Waals surface area contributed by atoms with Crippen LogP contribution in [0.3, 0.4) is 0 Å². The van der Waals surface area contributed by atoms with Gasteiger partial charge in [-0.2, -0.15) is 0 Å². The van der Waals surface area contributed by atoms with Gasteiger partial charge in [0.05, 0.1) is 11.6 Å². The van der Waals surface area contributed by atoms with Gasteiger partial charge in [0.1, 0.15) is 5.41 Å². The Morgan fingerprint density at radius 1 is 1.28 bits per heavy atom. The summed E-state index contributed by atoms with van der Waals surface area (Å²) in [6, 6.07) is 4.54. The Balaban J connectivity index is 3.09. The minimum absolute atomic E-state index is 0.226. The SMILES string of the molecule is CCOC(=O)C(C)(C)C(=O)c1ccc(Cl)cc1Cl. The lowest BCUT2D eigenvalue weighted by molar-refractivity contribution is -0.150. The molecule has 0 radical (unpaired) electrons. The Morgan fingerprint density at radius 3 is 2.39 bits per heavy atom. The Kier molecular flexibility index (Phi) is 4.77. The normalized spacial score (nSPS) is 11.2. The Labute approximate surface area is 116 Å². The molecule has 0 bridgehead atoms. The van der Waals surface area contributed by atoms with Crippen molar-refractivity contribution in [2.45, 2.75) is 20.8 Å². The second kappa shape index (κ2) is 5.72. The number of halogens is 2. The third-order valence-electron chi connectivity index (χ3n) is 2.53. The number of carbonyl (C=O) groups is 2. The maximum atomic E-state index is 12.3. The Morgan fingerprint density at radius 2 is 1.89 bits per heavy atom. The van der Waals surface area contributed by atoms with Crippen LogP contribution in [-0.2, 0) is 9.53 Å². The van der Waals surface area contributed by atoms with Gasteiger partial charge in [-0.15, -0.1) is 0 Å². The number of benzene rings is 1. The molecule has 0 aliphatic carbocycles. The van der Waals surface area contributed by atoms with Gasteiger partial charge >= 0.3 is 5.97 Å². The molecule has 98 valence electrons. The molecule has 0 amide bonds. The number of ketones is 1. The average molecular weight is 289 g/mol. The summed E-state index contributed by atoms with van der Waals surface area (Å²) < 4.78 is 4.88. The van der Waals surface area contributed by atoms with E-state index in [4.69, 9.17) is 27.9 Å². The molecular formula is C13H14Cl2O3. The molecule has 0 spiro atoms. The van der Waals surface area contributed by atoms with Crippen LogP contribution in [0.4, 0.5) is 0 Å². The van der Waals surface area contributed by atoms with E-state index in [0.717, 1.165) is 0 Å². The lowest BCUT2D eigenvalue weighted by atomic mass is 9.84. The summed E-state index contributed by atoms with van der Waals surface area (Å²) in [6.45, 7) is 4.94. The maximum Gasteiger partial charge on any atom is 0.319 e. The van der Waals surface area contributed by atoms with Crippen molar-refractivity contribution in [2.75, 3.05) is 6.61 Å². The highest BCUT2D eigenvalue weighted by molar-refractivity contribution is 6.37. The number of hydrogen-bond donors (Lipinski definition) is 0. The molecule has 0 unspecified atom stereocenters. The smallest absolute Gasteiger partial charge is 0.319 e. The molecule has 0 aromatic heterocycles. The van der Waals surface area contributed by atoms with Crippen molar-refractivity contribution < 1.29 is 14.3 Å². The Bertz CT molecular complexity index is 481. The van der Waals surface area contributed by atoms with Crippen LogP contribution in [-0.4, -0.2) is 18.4 Å². The van der Waals surface area contributed by atoms with Crippen molar-refractivity contribution in [3.05, 3.63) is 33.8 Å². The van der Waals surface area contributed by atoms with Gasteiger partial charge in [0.2, 0.25) is 0 Å². The van der Waals surface area contributed by atoms with Gasteiger partial charge in [-0.1, -0.05) is 23.2 Å². The fourth-order valence-corrected chi connectivity index (χ4v) is 1.91. The van der Waals surface area contributed by atoms with Gasteiger partial charge < -0.3 is 4.74 Å². The fraction of sp³-hybridized carbons (Fsp3) is 0.385. The van der Waals surface area contributed by atoms with Crippen molar-refractivity contribution >= 4 is 35.0 Å². The molecule has 0 fully saturated rings. The summed E-state index contributed by atoms with van der Waals surface area (Å²) in [5.74, 6) is -0.955. The van der Waals surface area contributed by atoms with Crippen LogP contribution in [0.15, 0.2) is 18.2 Å². The molecule has 1 aromatic carbocycles. The quantitative estimate of drug-likeness (QED) is 0.481. The van der Waals surface area contributed by atoms with Gasteiger partial charge in [0.15, 0.2) is 5.78 Å². The van der Waals surface area contributed by atoms with Gasteiger partial charge in [-0.25, -0.2) is 0 Å². The molecule has 5 heteroatoms. The van der Waals surface area contributed by atoms with Crippen LogP contribution in [0.2, 0.25) is 10.0 Å². The zero-order valence-electron chi connectivity index (χ0n) is 10.4. The zero-order chi connectivity index (χ0) is 13.9. The van der Waals surface area contributed by atoms with Crippen LogP contribution in [0.5, 0.6) is 0 Å². The molecular weight excluding hydrogens is 275 g/mol. The fourth-order valence-electron chi connectivity index (χ4n) is 1.41. The standard InChI is InChI=1S/C13H14Cl2O3/c1-4-18-12(17)13(2,3)11(16)9-6-5-8(14)7-10(9)15/h5-7H,4H2,1-3H3. The summed E-state index contributed by atoms with van der Waals surface area (Å²) in [5, 5.41) is 0.662. The summed E-state index contributed by atoms with van der Waals surface area (Å²) >= 11 is 11.7. The summed E-state index contributed by atoms with van der Waals surface area (Å²) in [5.41, 5.74) is -1.01. The van der Waals surface area contributed by atoms with E-state index < -0.39 is 11.4 Å². The summed E-state index contributed by atoms with van der Waals surface area (Å²) in [4.78, 5) is 24.0. The largest absolute Gasteiger partial charge is 0.465 e. The number of rotatable bonds is 4. The molecule has 1 rings (SSSR count). The first kappa shape index (κ1) is 15.0. The average Bonchev–Trinajstić information content (AvgIpc) is 2.28. The van der Waals surface area contributed by atoms with Crippen LogP contribution in [0.25, 0.3) is 0 Å². The topological polar surface area (TPSA) is 43.4 Å². The van der Waals surface area contributed by atoms with Gasteiger partial charge in [0.25, 0.3) is 0 Å². The maximum absolute atomic E-state index is 12.3. The van der Waals surface area contributed by atoms with E-state index >= 15 is 0 Å². The molecule has 0 saturated carbocycles. The van der Waals surface area contributed by atoms with Crippen LogP contribution >= 0.6 is 23.2 Å². The molecule has 0 atom stereocenters. The highest BCUT2D eigenvalue weighted by atomic mass is 35.5. The first-order chi connectivity index (χ1) is 8.30. The van der Waals surface area contributed by atoms with Gasteiger partial charge in [-0.05, 0) is 39.0 Å². The van der Waals surface area contributed by atoms with E-state index in [-0.39, 0.29) is 23.0 Å². The summed E-state index contributed by atoms with van der Waals surface area (Å²) in [7, 11) is 0. The van der Waals surface area contributed by atoms with Gasteiger partial charge in [-0.3, -0.25) is 9.59 Å². The number of esters is 1. The lowest BCUT2D eigenvalue weighted by Gasteiger charge is -2.21. The van der Waals surface area contributed by atoms with Crippen LogP contribution in [0.1, 0.15) is 31.1 Å². The molecule has 18 heavy (non-hydrogen) atoms. The van der Waals surface area contributed by atoms with Crippen molar-refractivity contribution in [3.8, 4) is 0 Å². The second-order valence-electron chi connectivity index (χ2n) is 4.30. The van der Waals surface area contributed by atoms with Crippen LogP contribution < -0.4 is 0 Å². The molecule has 0 heterocycles. The van der Waals surface area contributed by atoms with E-state index in [0.29, 0.717) is 5.02 Å². The second-order valence-corrected chi connectivity index (χ2v) is 5.14. The van der Waals surface area contributed by atoms with E-state index in [2.05, 4.69) is 0 Å². The minimum atomic E-state index is -1.27. The van der Waals surface area contributed by atoms with Crippen molar-refractivity contribution in [2.24, 2.45) is 5.41 Å². The van der Waals surface area contributed by atoms with E-state index in [1.54, 1.807) is 13.0 Å². The number of ether oxygens (including phenoxy) is 1. The molecule has 0 N–H and O–H groups in total. The van der Waals surface area contributed by atoms with E-state index in [9.17, 15) is 9.59 Å². The van der Waals surface area contributed by atoms with Crippen molar-refractivity contribution in [1.29, 1.82) is 0 Å². The summed E-state index contributed by atoms with van der Waals surface area (Å²) in [6.07, 6.45) is 0. The van der Waals surface area contributed by atoms with Crippen LogP contribution in [0, 0.1) is 5.41 Å². The third kappa shape index (κ3) is 3.03. The highest BCUT2D eigenvalue weighted by Crippen LogP contribution is 2.29. The number of hydrogen-bond acceptors (Lipinski definition) is 3. The molecule has 0 saturated heterocycles. The highest BCUT2D eigenvalue weighted by Gasteiger charge is 2.38. The predicted octanol–water partition coefficient (Wildman–Crippen LogP) is 3.77. The first-order valence-corrected chi connectivity index (χ1v) is 6.23. The molecule has 0 aliphatic heterocycles. The number of carbonyl (C=O) groups excluding carboxylic acids is 2. The van der Waals surface area contributed by atoms with E-state index in [1.807, 2.05) is 0 Å². The minimum Gasteiger partial charge on any atom is -0.465 e. The van der Waals surface area contributed by atoms with E-state index in [1.165, 1.54) is 26.0 Å². The first-order valence-electron chi connectivity index (χ1n) is 5.47. The predicted molar refractivity (Wildman–Crippen MR) is 71.2 cm³/mol. The molecule has 1 aromatic rings. The lowest BCUT2D eigenvalue weighted by Crippen LogP contribution is -2.35. The molecule has 0 aliphatic rings. The van der Waals surface area contributed by atoms with Crippen molar-refractivity contribution in [3.63, 3.8) is 0 Å². The Hall–Kier alpha value is -1.06. The van der Waals surface area contributed by atoms with Crippen molar-refractivity contribution in [1.82, 2.24) is 0 Å². The third-order valence-corrected chi connectivity index (χ3v) is 3.08. The zero-order valence-corrected chi connectivity index (χ0v) is 11.9. The molecule has 3 nitrogen and oxygen atoms in total. The number of Topliss-reactive ketones (excluding diaryl/α,β-unsaturated/α-hetero) is 1. The monoisotopic (exact) mass is 288 g/mol.